The van der Waals surface area contributed by atoms with Crippen molar-refractivity contribution in [2.24, 2.45) is 0 Å². The van der Waals surface area contributed by atoms with Crippen molar-refractivity contribution in [3.05, 3.63) is 70.3 Å². The van der Waals surface area contributed by atoms with E-state index in [1.54, 1.807) is 24.4 Å². The zero-order valence-electron chi connectivity index (χ0n) is 14.3. The van der Waals surface area contributed by atoms with Crippen LogP contribution in [0, 0.1) is 0 Å². The number of aryl methyl sites for hydroxylation is 1. The third-order valence-electron chi connectivity index (χ3n) is 4.03. The molecule has 0 bridgehead atoms. The van der Waals surface area contributed by atoms with Crippen molar-refractivity contribution < 1.29 is 22.7 Å². The van der Waals surface area contributed by atoms with Crippen molar-refractivity contribution in [2.45, 2.75) is 32.2 Å². The Morgan fingerprint density at radius 3 is 2.59 bits per heavy atom. The zero-order valence-corrected chi connectivity index (χ0v) is 14.3. The molecule has 0 spiro atoms. The second kappa shape index (κ2) is 7.26. The first kappa shape index (κ1) is 18.7. The second-order valence-electron chi connectivity index (χ2n) is 5.90. The molecule has 1 aromatic carbocycles. The minimum atomic E-state index is -4.54. The topological polar surface area (TPSA) is 65.6 Å². The highest BCUT2D eigenvalue weighted by molar-refractivity contribution is 5.69. The molecule has 1 unspecified atom stereocenters. The smallest absolute Gasteiger partial charge is 0.416 e. The lowest BCUT2D eigenvalue weighted by molar-refractivity contribution is -0.151. The van der Waals surface area contributed by atoms with Gasteiger partial charge in [-0.25, -0.2) is 9.48 Å². The fraction of sp³-hybridized carbons (Fsp3) is 0.278. The number of rotatable bonds is 5. The third kappa shape index (κ3) is 4.02. The predicted octanol–water partition coefficient (Wildman–Crippen LogP) is 3.21. The van der Waals surface area contributed by atoms with Crippen molar-refractivity contribution in [3.8, 4) is 0 Å². The summed E-state index contributed by atoms with van der Waals surface area (Å²) in [6.45, 7) is 1.34. The summed E-state index contributed by atoms with van der Waals surface area (Å²) in [7, 11) is 0. The van der Waals surface area contributed by atoms with Crippen molar-refractivity contribution in [1.82, 2.24) is 14.2 Å². The molecule has 0 aliphatic rings. The van der Waals surface area contributed by atoms with Crippen LogP contribution in [0.25, 0.3) is 5.65 Å². The fourth-order valence-electron chi connectivity index (χ4n) is 2.74. The molecule has 3 aromatic rings. The molecule has 0 N–H and O–H groups in total. The summed E-state index contributed by atoms with van der Waals surface area (Å²) in [6.07, 6.45) is -4.26. The first-order chi connectivity index (χ1) is 12.8. The summed E-state index contributed by atoms with van der Waals surface area (Å²) in [5, 5.41) is 4.08. The monoisotopic (exact) mass is 379 g/mol. The van der Waals surface area contributed by atoms with E-state index in [4.69, 9.17) is 4.74 Å². The Labute approximate surface area is 151 Å². The number of esters is 1. The number of carbonyl (C=O) groups excluding carboxylic acids is 1. The Balaban J connectivity index is 1.67. The first-order valence-electron chi connectivity index (χ1n) is 8.17. The van der Waals surface area contributed by atoms with Gasteiger partial charge in [0, 0.05) is 11.8 Å². The highest BCUT2D eigenvalue weighted by Crippen LogP contribution is 2.35. The number of aromatic nitrogens is 3. The van der Waals surface area contributed by atoms with Gasteiger partial charge in [-0.2, -0.15) is 13.2 Å². The van der Waals surface area contributed by atoms with Gasteiger partial charge in [-0.05, 0) is 25.1 Å². The van der Waals surface area contributed by atoms with Gasteiger partial charge in [0.15, 0.2) is 5.65 Å². The van der Waals surface area contributed by atoms with Gasteiger partial charge in [0.25, 0.3) is 0 Å². The standard InChI is InChI=1S/C18H16F3N3O3/c1-12(13-6-2-3-7-14(13)18(19,20)21)27-16(25)9-11-24-17(26)23-10-5-4-8-15(23)22-24/h2-8,10,12H,9,11H2,1H3. The minimum Gasteiger partial charge on any atom is -0.458 e. The lowest BCUT2D eigenvalue weighted by Gasteiger charge is -2.18. The van der Waals surface area contributed by atoms with Gasteiger partial charge in [-0.1, -0.05) is 24.3 Å². The van der Waals surface area contributed by atoms with E-state index in [0.29, 0.717) is 5.65 Å². The minimum absolute atomic E-state index is 0.0347. The molecule has 0 aliphatic carbocycles. The van der Waals surface area contributed by atoms with Crippen LogP contribution in [0.1, 0.15) is 30.6 Å². The number of nitrogens with zero attached hydrogens (tertiary/aromatic N) is 3. The van der Waals surface area contributed by atoms with E-state index >= 15 is 0 Å². The lowest BCUT2D eigenvalue weighted by Crippen LogP contribution is -2.23. The van der Waals surface area contributed by atoms with Crippen molar-refractivity contribution >= 4 is 11.6 Å². The van der Waals surface area contributed by atoms with E-state index in [-0.39, 0.29) is 18.5 Å². The maximum atomic E-state index is 13.1. The number of carbonyl (C=O) groups is 1. The Hall–Kier alpha value is -3.10. The summed E-state index contributed by atoms with van der Waals surface area (Å²) >= 11 is 0. The summed E-state index contributed by atoms with van der Waals surface area (Å²) < 4.78 is 46.8. The van der Waals surface area contributed by atoms with Crippen LogP contribution in [-0.2, 0) is 22.3 Å². The molecule has 0 fully saturated rings. The fourth-order valence-corrected chi connectivity index (χ4v) is 2.74. The molecule has 9 heteroatoms. The second-order valence-corrected chi connectivity index (χ2v) is 5.90. The molecule has 0 saturated heterocycles. The highest BCUT2D eigenvalue weighted by atomic mass is 19.4. The summed E-state index contributed by atoms with van der Waals surface area (Å²) in [6, 6.07) is 9.98. The molecule has 6 nitrogen and oxygen atoms in total. The molecule has 142 valence electrons. The third-order valence-corrected chi connectivity index (χ3v) is 4.03. The van der Waals surface area contributed by atoms with Gasteiger partial charge in [0.1, 0.15) is 6.10 Å². The van der Waals surface area contributed by atoms with E-state index in [0.717, 1.165) is 10.7 Å². The van der Waals surface area contributed by atoms with Crippen LogP contribution in [0.15, 0.2) is 53.5 Å². The van der Waals surface area contributed by atoms with Gasteiger partial charge < -0.3 is 4.74 Å². The normalized spacial score (nSPS) is 12.9. The Morgan fingerprint density at radius 1 is 1.19 bits per heavy atom. The van der Waals surface area contributed by atoms with Crippen molar-refractivity contribution in [3.63, 3.8) is 0 Å². The van der Waals surface area contributed by atoms with Crippen LogP contribution >= 0.6 is 0 Å². The molecular weight excluding hydrogens is 363 g/mol. The number of fused-ring (bicyclic) bond motifs is 1. The average Bonchev–Trinajstić information content (AvgIpc) is 2.95. The number of alkyl halides is 3. The van der Waals surface area contributed by atoms with Gasteiger partial charge >= 0.3 is 17.8 Å². The van der Waals surface area contributed by atoms with E-state index in [2.05, 4.69) is 5.10 Å². The first-order valence-corrected chi connectivity index (χ1v) is 8.17. The highest BCUT2D eigenvalue weighted by Gasteiger charge is 2.34. The van der Waals surface area contributed by atoms with Gasteiger partial charge in [0.05, 0.1) is 18.5 Å². The largest absolute Gasteiger partial charge is 0.458 e. The maximum absolute atomic E-state index is 13.1. The number of hydrogen-bond donors (Lipinski definition) is 0. The lowest BCUT2D eigenvalue weighted by atomic mass is 10.0. The van der Waals surface area contributed by atoms with E-state index in [1.165, 1.54) is 29.5 Å². The molecule has 3 rings (SSSR count). The number of benzene rings is 1. The number of pyridine rings is 1. The number of halogens is 3. The van der Waals surface area contributed by atoms with Crippen LogP contribution in [-0.4, -0.2) is 20.2 Å². The Morgan fingerprint density at radius 2 is 1.89 bits per heavy atom. The average molecular weight is 379 g/mol. The molecule has 2 aromatic heterocycles. The van der Waals surface area contributed by atoms with E-state index in [9.17, 15) is 22.8 Å². The quantitative estimate of drug-likeness (QED) is 0.639. The maximum Gasteiger partial charge on any atom is 0.416 e. The van der Waals surface area contributed by atoms with Gasteiger partial charge in [-0.15, -0.1) is 5.10 Å². The zero-order chi connectivity index (χ0) is 19.6. The number of hydrogen-bond acceptors (Lipinski definition) is 4. The molecule has 0 radical (unpaired) electrons. The SMILES string of the molecule is CC(OC(=O)CCn1nc2ccccn2c1=O)c1ccccc1C(F)(F)F. The van der Waals surface area contributed by atoms with Crippen LogP contribution in [0.4, 0.5) is 13.2 Å². The Kier molecular flexibility index (Phi) is 5.02. The van der Waals surface area contributed by atoms with Gasteiger partial charge in [-0.3, -0.25) is 9.20 Å². The van der Waals surface area contributed by atoms with E-state index < -0.39 is 29.5 Å². The van der Waals surface area contributed by atoms with Crippen LogP contribution in [0.5, 0.6) is 0 Å². The van der Waals surface area contributed by atoms with Crippen molar-refractivity contribution in [1.29, 1.82) is 0 Å². The van der Waals surface area contributed by atoms with Crippen LogP contribution in [0.2, 0.25) is 0 Å². The molecule has 2 heterocycles. The van der Waals surface area contributed by atoms with Crippen LogP contribution in [0.3, 0.4) is 0 Å². The Bertz CT molecular complexity index is 1020. The summed E-state index contributed by atoms with van der Waals surface area (Å²) in [5.41, 5.74) is -0.942. The molecule has 0 saturated carbocycles. The molecular formula is C18H16F3N3O3. The number of ether oxygens (including phenoxy) is 1. The molecule has 0 aliphatic heterocycles. The van der Waals surface area contributed by atoms with Crippen LogP contribution < -0.4 is 5.69 Å². The molecule has 0 amide bonds. The van der Waals surface area contributed by atoms with Gasteiger partial charge in [0.2, 0.25) is 0 Å². The molecule has 27 heavy (non-hydrogen) atoms. The summed E-state index contributed by atoms with van der Waals surface area (Å²) in [4.78, 5) is 24.2. The predicted molar refractivity (Wildman–Crippen MR) is 90.0 cm³/mol. The van der Waals surface area contributed by atoms with E-state index in [1.807, 2.05) is 0 Å². The van der Waals surface area contributed by atoms with Crippen molar-refractivity contribution in [2.75, 3.05) is 0 Å². The summed E-state index contributed by atoms with van der Waals surface area (Å²) in [5.74, 6) is -0.719. The molecule has 1 atom stereocenters.